The normalized spacial score (nSPS) is 10.3. The van der Waals surface area contributed by atoms with E-state index >= 15 is 0 Å². The zero-order valence-electron chi connectivity index (χ0n) is 8.83. The van der Waals surface area contributed by atoms with Crippen LogP contribution in [0.15, 0.2) is 24.4 Å². The van der Waals surface area contributed by atoms with Gasteiger partial charge in [0.05, 0.1) is 5.56 Å². The van der Waals surface area contributed by atoms with Crippen molar-refractivity contribution in [3.05, 3.63) is 46.5 Å². The lowest BCUT2D eigenvalue weighted by Crippen LogP contribution is -2.14. The van der Waals surface area contributed by atoms with Crippen LogP contribution in [0.1, 0.15) is 15.2 Å². The molecule has 6 heteroatoms. The molecule has 3 nitrogen and oxygen atoms in total. The zero-order chi connectivity index (χ0) is 12.4. The zero-order valence-corrected chi connectivity index (χ0v) is 9.65. The predicted molar refractivity (Wildman–Crippen MR) is 61.2 cm³/mol. The first-order valence-electron chi connectivity index (χ1n) is 4.75. The summed E-state index contributed by atoms with van der Waals surface area (Å²) < 4.78 is 26.2. The fraction of sp³-hybridized carbons (Fsp3) is 0.0909. The quantitative estimate of drug-likeness (QED) is 0.895. The Kier molecular flexibility index (Phi) is 3.14. The van der Waals surface area contributed by atoms with Crippen LogP contribution in [0.25, 0.3) is 0 Å². The van der Waals surface area contributed by atoms with Gasteiger partial charge in [0.1, 0.15) is 0 Å². The topological polar surface area (TPSA) is 42.0 Å². The number of nitrogens with one attached hydrogen (secondary N) is 1. The summed E-state index contributed by atoms with van der Waals surface area (Å²) in [6.07, 6.45) is 1.59. The Hall–Kier alpha value is -1.82. The van der Waals surface area contributed by atoms with Gasteiger partial charge in [0.15, 0.2) is 16.8 Å². The second kappa shape index (κ2) is 4.58. The number of hydrogen-bond donors (Lipinski definition) is 1. The van der Waals surface area contributed by atoms with E-state index in [4.69, 9.17) is 0 Å². The Labute approximate surface area is 100 Å². The Balaban J connectivity index is 2.23. The van der Waals surface area contributed by atoms with E-state index in [1.165, 1.54) is 23.5 Å². The number of aryl methyl sites for hydroxylation is 1. The molecule has 0 bridgehead atoms. The van der Waals surface area contributed by atoms with Gasteiger partial charge in [0.25, 0.3) is 5.91 Å². The number of anilines is 1. The van der Waals surface area contributed by atoms with Crippen LogP contribution >= 0.6 is 11.3 Å². The van der Waals surface area contributed by atoms with Crippen LogP contribution in [0.3, 0.4) is 0 Å². The minimum Gasteiger partial charge on any atom is -0.298 e. The largest absolute Gasteiger partial charge is 0.298 e. The molecule has 0 radical (unpaired) electrons. The molecule has 17 heavy (non-hydrogen) atoms. The molecule has 88 valence electrons. The van der Waals surface area contributed by atoms with Crippen molar-refractivity contribution >= 4 is 22.4 Å². The maximum absolute atomic E-state index is 13.3. The van der Waals surface area contributed by atoms with E-state index in [-0.39, 0.29) is 5.56 Å². The van der Waals surface area contributed by atoms with Crippen molar-refractivity contribution in [2.24, 2.45) is 0 Å². The lowest BCUT2D eigenvalue weighted by Gasteiger charge is -2.03. The Morgan fingerprint density at radius 2 is 2.18 bits per heavy atom. The molecule has 1 amide bonds. The van der Waals surface area contributed by atoms with Crippen molar-refractivity contribution < 1.29 is 13.6 Å². The third kappa shape index (κ3) is 2.47. The number of amides is 1. The molecule has 2 rings (SSSR count). The summed E-state index contributed by atoms with van der Waals surface area (Å²) >= 11 is 1.26. The van der Waals surface area contributed by atoms with E-state index < -0.39 is 17.5 Å². The van der Waals surface area contributed by atoms with Crippen LogP contribution in [0.4, 0.5) is 13.9 Å². The molecule has 1 heterocycles. The van der Waals surface area contributed by atoms with Crippen molar-refractivity contribution in [2.75, 3.05) is 5.32 Å². The molecule has 0 atom stereocenters. The van der Waals surface area contributed by atoms with E-state index in [0.717, 1.165) is 10.9 Å². The maximum atomic E-state index is 13.3. The van der Waals surface area contributed by atoms with Crippen molar-refractivity contribution in [3.8, 4) is 0 Å². The van der Waals surface area contributed by atoms with Crippen molar-refractivity contribution in [1.29, 1.82) is 0 Å². The molecular weight excluding hydrogens is 246 g/mol. The predicted octanol–water partition coefficient (Wildman–Crippen LogP) is 2.98. The molecular formula is C11H8F2N2OS. The number of carbonyl (C=O) groups is 1. The Morgan fingerprint density at radius 1 is 1.41 bits per heavy atom. The number of thiazole rings is 1. The molecule has 0 fully saturated rings. The van der Waals surface area contributed by atoms with Gasteiger partial charge in [-0.25, -0.2) is 13.8 Å². The average Bonchev–Trinajstić information content (AvgIpc) is 2.68. The minimum absolute atomic E-state index is 0.335. The number of benzene rings is 1. The van der Waals surface area contributed by atoms with Gasteiger partial charge in [0.2, 0.25) is 0 Å². The number of rotatable bonds is 2. The molecule has 0 saturated carbocycles. The third-order valence-corrected chi connectivity index (χ3v) is 2.87. The summed E-state index contributed by atoms with van der Waals surface area (Å²) in [5.74, 6) is -2.91. The van der Waals surface area contributed by atoms with Gasteiger partial charge < -0.3 is 0 Å². The van der Waals surface area contributed by atoms with Gasteiger partial charge in [-0.05, 0) is 19.1 Å². The van der Waals surface area contributed by atoms with Gasteiger partial charge in [-0.3, -0.25) is 10.1 Å². The van der Waals surface area contributed by atoms with E-state index in [9.17, 15) is 13.6 Å². The van der Waals surface area contributed by atoms with Crippen LogP contribution in [0.5, 0.6) is 0 Å². The number of nitrogens with zero attached hydrogens (tertiary/aromatic N) is 1. The summed E-state index contributed by atoms with van der Waals surface area (Å²) in [7, 11) is 0. The first-order valence-corrected chi connectivity index (χ1v) is 5.57. The highest BCUT2D eigenvalue weighted by Crippen LogP contribution is 2.18. The highest BCUT2D eigenvalue weighted by Gasteiger charge is 2.15. The first kappa shape index (κ1) is 11.7. The highest BCUT2D eigenvalue weighted by atomic mass is 32.1. The van der Waals surface area contributed by atoms with Crippen molar-refractivity contribution in [3.63, 3.8) is 0 Å². The van der Waals surface area contributed by atoms with Crippen molar-refractivity contribution in [1.82, 2.24) is 4.98 Å². The molecule has 1 aromatic heterocycles. The molecule has 0 spiro atoms. The second-order valence-electron chi connectivity index (χ2n) is 3.33. The Morgan fingerprint density at radius 3 is 2.82 bits per heavy atom. The average molecular weight is 254 g/mol. The first-order chi connectivity index (χ1) is 8.08. The van der Waals surface area contributed by atoms with Crippen LogP contribution in [-0.4, -0.2) is 10.9 Å². The summed E-state index contributed by atoms with van der Waals surface area (Å²) in [6.45, 7) is 1.83. The minimum atomic E-state index is -1.15. The number of carbonyl (C=O) groups excluding carboxylic acids is 1. The fourth-order valence-corrected chi connectivity index (χ4v) is 1.92. The summed E-state index contributed by atoms with van der Waals surface area (Å²) in [6, 6.07) is 3.45. The van der Waals surface area contributed by atoms with E-state index in [0.29, 0.717) is 5.13 Å². The van der Waals surface area contributed by atoms with Gasteiger partial charge in [-0.15, -0.1) is 11.3 Å². The third-order valence-electron chi connectivity index (χ3n) is 2.04. The van der Waals surface area contributed by atoms with E-state index in [2.05, 4.69) is 10.3 Å². The van der Waals surface area contributed by atoms with Gasteiger partial charge in [0, 0.05) is 11.1 Å². The molecule has 1 aromatic carbocycles. The van der Waals surface area contributed by atoms with Crippen LogP contribution in [0, 0.1) is 18.6 Å². The monoisotopic (exact) mass is 254 g/mol. The molecule has 2 aromatic rings. The molecule has 0 aliphatic carbocycles. The maximum Gasteiger partial charge on any atom is 0.260 e. The SMILES string of the molecule is Cc1cnc(NC(=O)c2cccc(F)c2F)s1. The number of hydrogen-bond acceptors (Lipinski definition) is 3. The smallest absolute Gasteiger partial charge is 0.260 e. The highest BCUT2D eigenvalue weighted by molar-refractivity contribution is 7.15. The second-order valence-corrected chi connectivity index (χ2v) is 4.57. The number of halogens is 2. The molecule has 0 saturated heterocycles. The molecule has 0 aliphatic rings. The lowest BCUT2D eigenvalue weighted by atomic mass is 10.2. The van der Waals surface area contributed by atoms with Gasteiger partial charge >= 0.3 is 0 Å². The van der Waals surface area contributed by atoms with E-state index in [1.54, 1.807) is 6.20 Å². The van der Waals surface area contributed by atoms with E-state index in [1.807, 2.05) is 6.92 Å². The standard InChI is InChI=1S/C11H8F2N2OS/c1-6-5-14-11(17-6)15-10(16)7-3-2-4-8(12)9(7)13/h2-5H,1H3,(H,14,15,16). The lowest BCUT2D eigenvalue weighted by molar-refractivity contribution is 0.102. The summed E-state index contributed by atoms with van der Waals surface area (Å²) in [5, 5.41) is 2.77. The molecule has 1 N–H and O–H groups in total. The summed E-state index contributed by atoms with van der Waals surface area (Å²) in [4.78, 5) is 16.5. The number of aromatic nitrogens is 1. The molecule has 0 aliphatic heterocycles. The van der Waals surface area contributed by atoms with Gasteiger partial charge in [-0.2, -0.15) is 0 Å². The fourth-order valence-electron chi connectivity index (χ4n) is 1.26. The van der Waals surface area contributed by atoms with Crippen molar-refractivity contribution in [2.45, 2.75) is 6.92 Å². The summed E-state index contributed by atoms with van der Waals surface area (Å²) in [5.41, 5.74) is -0.335. The molecule has 0 unspecified atom stereocenters. The Bertz CT molecular complexity index is 568. The van der Waals surface area contributed by atoms with Crippen LogP contribution in [0.2, 0.25) is 0 Å². The van der Waals surface area contributed by atoms with Crippen LogP contribution < -0.4 is 5.32 Å². The van der Waals surface area contributed by atoms with Crippen LogP contribution in [-0.2, 0) is 0 Å². The van der Waals surface area contributed by atoms with Gasteiger partial charge in [-0.1, -0.05) is 6.07 Å².